The Balaban J connectivity index is 3.16. The molecule has 0 unspecified atom stereocenters. The predicted molar refractivity (Wildman–Crippen MR) is 35.0 cm³/mol. The number of alkyl halides is 1. The van der Waals surface area contributed by atoms with Crippen LogP contribution in [-0.4, -0.2) is 4.57 Å². The topological polar surface area (TPSA) is 28.7 Å². The van der Waals surface area contributed by atoms with Crippen LogP contribution in [0.4, 0.5) is 4.39 Å². The van der Waals surface area contributed by atoms with Gasteiger partial charge in [-0.25, -0.2) is 4.39 Å². The van der Waals surface area contributed by atoms with E-state index in [1.165, 1.54) is 4.57 Å². The third-order valence-electron chi connectivity index (χ3n) is 1.43. The number of nitrogens with zero attached hydrogens (tertiary/aromatic N) is 2. The second-order valence-corrected chi connectivity index (χ2v) is 2.02. The molecule has 0 spiro atoms. The average molecular weight is 138 g/mol. The number of halogens is 1. The van der Waals surface area contributed by atoms with Crippen LogP contribution in [0.25, 0.3) is 0 Å². The quantitative estimate of drug-likeness (QED) is 0.579. The molecular weight excluding hydrogens is 131 g/mol. The van der Waals surface area contributed by atoms with Gasteiger partial charge in [0.25, 0.3) is 0 Å². The van der Waals surface area contributed by atoms with E-state index < -0.39 is 6.80 Å². The van der Waals surface area contributed by atoms with Crippen LogP contribution in [0.5, 0.6) is 0 Å². The first-order valence-corrected chi connectivity index (χ1v) is 2.91. The number of aryl methyl sites for hydroxylation is 1. The summed E-state index contributed by atoms with van der Waals surface area (Å²) in [6.07, 6.45) is 0. The number of aromatic nitrogens is 1. The van der Waals surface area contributed by atoms with Crippen LogP contribution >= 0.6 is 0 Å². The summed E-state index contributed by atoms with van der Waals surface area (Å²) in [5.41, 5.74) is 1.15. The SMILES string of the molecule is Cc1ccc(C#N)n1CF. The van der Waals surface area contributed by atoms with Gasteiger partial charge < -0.3 is 4.57 Å². The van der Waals surface area contributed by atoms with E-state index in [4.69, 9.17) is 5.26 Å². The molecule has 0 bridgehead atoms. The molecule has 0 saturated carbocycles. The van der Waals surface area contributed by atoms with Gasteiger partial charge in [-0.05, 0) is 19.1 Å². The van der Waals surface area contributed by atoms with Crippen LogP contribution in [0.3, 0.4) is 0 Å². The fraction of sp³-hybridized carbons (Fsp3) is 0.286. The van der Waals surface area contributed by atoms with Crippen LogP contribution in [-0.2, 0) is 6.80 Å². The average Bonchev–Trinajstić information content (AvgIpc) is 2.30. The lowest BCUT2D eigenvalue weighted by molar-refractivity contribution is 0.371. The molecule has 52 valence electrons. The summed E-state index contributed by atoms with van der Waals surface area (Å²) in [6, 6.07) is 5.22. The predicted octanol–water partition coefficient (Wildman–Crippen LogP) is 1.60. The standard InChI is InChI=1S/C7H7FN2/c1-6-2-3-7(4-9)10(6)5-8/h2-3H,5H2,1H3. The molecule has 0 fully saturated rings. The van der Waals surface area contributed by atoms with Crippen molar-refractivity contribution in [3.63, 3.8) is 0 Å². The van der Waals surface area contributed by atoms with Crippen molar-refractivity contribution in [2.45, 2.75) is 13.7 Å². The maximum Gasteiger partial charge on any atom is 0.166 e. The van der Waals surface area contributed by atoms with E-state index in [9.17, 15) is 4.39 Å². The smallest absolute Gasteiger partial charge is 0.166 e. The second kappa shape index (κ2) is 2.53. The summed E-state index contributed by atoms with van der Waals surface area (Å²) < 4.78 is 13.4. The number of hydrogen-bond acceptors (Lipinski definition) is 1. The molecule has 0 aliphatic heterocycles. The van der Waals surface area contributed by atoms with E-state index in [-0.39, 0.29) is 0 Å². The number of hydrogen-bond donors (Lipinski definition) is 0. The van der Waals surface area contributed by atoms with Crippen LogP contribution in [0.2, 0.25) is 0 Å². The number of nitriles is 1. The Morgan fingerprint density at radius 2 is 2.40 bits per heavy atom. The Kier molecular flexibility index (Phi) is 1.72. The molecule has 3 heteroatoms. The molecule has 2 nitrogen and oxygen atoms in total. The van der Waals surface area contributed by atoms with Gasteiger partial charge in [0.2, 0.25) is 0 Å². The molecule has 0 amide bonds. The number of rotatable bonds is 1. The lowest BCUT2D eigenvalue weighted by Gasteiger charge is -1.98. The van der Waals surface area contributed by atoms with Gasteiger partial charge in [0.15, 0.2) is 6.80 Å². The highest BCUT2D eigenvalue weighted by molar-refractivity contribution is 5.25. The molecule has 0 N–H and O–H groups in total. The zero-order valence-electron chi connectivity index (χ0n) is 5.63. The first-order valence-electron chi connectivity index (χ1n) is 2.91. The molecule has 1 rings (SSSR count). The molecule has 1 heterocycles. The van der Waals surface area contributed by atoms with Gasteiger partial charge in [0.1, 0.15) is 11.8 Å². The van der Waals surface area contributed by atoms with E-state index in [1.54, 1.807) is 19.1 Å². The minimum absolute atomic E-state index is 0.375. The van der Waals surface area contributed by atoms with E-state index in [0.717, 1.165) is 5.69 Å². The van der Waals surface area contributed by atoms with Gasteiger partial charge in [-0.15, -0.1) is 0 Å². The Morgan fingerprint density at radius 1 is 1.70 bits per heavy atom. The molecule has 0 aliphatic rings. The van der Waals surface area contributed by atoms with Crippen molar-refractivity contribution in [2.24, 2.45) is 0 Å². The zero-order chi connectivity index (χ0) is 7.56. The molecule has 0 radical (unpaired) electrons. The van der Waals surface area contributed by atoms with Crippen LogP contribution in [0.1, 0.15) is 11.4 Å². The van der Waals surface area contributed by atoms with Crippen molar-refractivity contribution < 1.29 is 4.39 Å². The Labute approximate surface area is 58.5 Å². The monoisotopic (exact) mass is 138 g/mol. The summed E-state index contributed by atoms with van der Waals surface area (Å²) >= 11 is 0. The van der Waals surface area contributed by atoms with Crippen molar-refractivity contribution >= 4 is 0 Å². The molecule has 0 aromatic carbocycles. The van der Waals surface area contributed by atoms with Gasteiger partial charge in [-0.2, -0.15) is 5.26 Å². The third-order valence-corrected chi connectivity index (χ3v) is 1.43. The molecule has 0 aliphatic carbocycles. The summed E-state index contributed by atoms with van der Waals surface area (Å²) in [7, 11) is 0. The minimum Gasteiger partial charge on any atom is -0.308 e. The maximum absolute atomic E-state index is 12.1. The fourth-order valence-corrected chi connectivity index (χ4v) is 0.826. The zero-order valence-corrected chi connectivity index (χ0v) is 5.63. The lowest BCUT2D eigenvalue weighted by atomic mass is 10.5. The minimum atomic E-state index is -0.623. The van der Waals surface area contributed by atoms with Crippen molar-refractivity contribution in [3.8, 4) is 6.07 Å². The van der Waals surface area contributed by atoms with Gasteiger partial charge in [0.05, 0.1) is 0 Å². The van der Waals surface area contributed by atoms with E-state index in [2.05, 4.69) is 0 Å². The Bertz CT molecular complexity index is 270. The summed E-state index contributed by atoms with van der Waals surface area (Å²) in [5.74, 6) is 0. The van der Waals surface area contributed by atoms with Crippen molar-refractivity contribution in [1.29, 1.82) is 5.26 Å². The van der Waals surface area contributed by atoms with Gasteiger partial charge in [0, 0.05) is 5.69 Å². The molecule has 0 atom stereocenters. The summed E-state index contributed by atoms with van der Waals surface area (Å²) in [4.78, 5) is 0. The van der Waals surface area contributed by atoms with Gasteiger partial charge in [-0.3, -0.25) is 0 Å². The molecule has 1 aromatic rings. The molecule has 0 saturated heterocycles. The van der Waals surface area contributed by atoms with Crippen molar-refractivity contribution in [2.75, 3.05) is 0 Å². The first kappa shape index (κ1) is 6.81. The first-order chi connectivity index (χ1) is 4.79. The molecule has 10 heavy (non-hydrogen) atoms. The second-order valence-electron chi connectivity index (χ2n) is 2.02. The normalized spacial score (nSPS) is 9.30. The fourth-order valence-electron chi connectivity index (χ4n) is 0.826. The highest BCUT2D eigenvalue weighted by Gasteiger charge is 2.01. The summed E-state index contributed by atoms with van der Waals surface area (Å²) in [5, 5.41) is 8.43. The Hall–Kier alpha value is -1.30. The summed E-state index contributed by atoms with van der Waals surface area (Å²) in [6.45, 7) is 1.14. The lowest BCUT2D eigenvalue weighted by Crippen LogP contribution is -1.97. The van der Waals surface area contributed by atoms with Crippen molar-refractivity contribution in [3.05, 3.63) is 23.5 Å². The maximum atomic E-state index is 12.1. The molecular formula is C7H7FN2. The van der Waals surface area contributed by atoms with Crippen LogP contribution in [0, 0.1) is 18.3 Å². The van der Waals surface area contributed by atoms with Gasteiger partial charge >= 0.3 is 0 Å². The largest absolute Gasteiger partial charge is 0.308 e. The highest BCUT2D eigenvalue weighted by Crippen LogP contribution is 2.06. The third kappa shape index (κ3) is 0.883. The van der Waals surface area contributed by atoms with E-state index in [1.807, 2.05) is 6.07 Å². The van der Waals surface area contributed by atoms with Crippen molar-refractivity contribution in [1.82, 2.24) is 4.57 Å². The van der Waals surface area contributed by atoms with E-state index >= 15 is 0 Å². The van der Waals surface area contributed by atoms with Gasteiger partial charge in [-0.1, -0.05) is 0 Å². The van der Waals surface area contributed by atoms with Crippen LogP contribution < -0.4 is 0 Å². The van der Waals surface area contributed by atoms with Crippen LogP contribution in [0.15, 0.2) is 12.1 Å². The van der Waals surface area contributed by atoms with E-state index in [0.29, 0.717) is 5.69 Å². The molecule has 1 aromatic heterocycles. The Morgan fingerprint density at radius 3 is 2.80 bits per heavy atom. The highest BCUT2D eigenvalue weighted by atomic mass is 19.1.